The van der Waals surface area contributed by atoms with E-state index in [9.17, 15) is 4.79 Å². The van der Waals surface area contributed by atoms with Crippen molar-refractivity contribution in [2.45, 2.75) is 13.1 Å². The third kappa shape index (κ3) is 3.51. The van der Waals surface area contributed by atoms with Crippen LogP contribution >= 0.6 is 11.3 Å². The predicted molar refractivity (Wildman–Crippen MR) is 92.7 cm³/mol. The first kappa shape index (κ1) is 15.1. The molecule has 0 aliphatic rings. The molecule has 3 aromatic rings. The van der Waals surface area contributed by atoms with Gasteiger partial charge in [-0.05, 0) is 22.6 Å². The maximum absolute atomic E-state index is 10.5. The van der Waals surface area contributed by atoms with E-state index >= 15 is 0 Å². The summed E-state index contributed by atoms with van der Waals surface area (Å²) >= 11 is 1.61. The van der Waals surface area contributed by atoms with Crippen molar-refractivity contribution in [3.63, 3.8) is 0 Å². The summed E-state index contributed by atoms with van der Waals surface area (Å²) in [5, 5.41) is 16.3. The SMILES string of the molecule is Nc1cnc2ccsc2c1NCc1ccc(CNC(=O)O)cc1. The fourth-order valence-electron chi connectivity index (χ4n) is 2.25. The summed E-state index contributed by atoms with van der Waals surface area (Å²) in [6, 6.07) is 9.71. The van der Waals surface area contributed by atoms with Crippen molar-refractivity contribution in [1.82, 2.24) is 10.3 Å². The Kier molecular flexibility index (Phi) is 4.29. The number of benzene rings is 1. The van der Waals surface area contributed by atoms with Crippen LogP contribution in [0.3, 0.4) is 0 Å². The van der Waals surface area contributed by atoms with E-state index in [-0.39, 0.29) is 0 Å². The molecule has 0 aliphatic carbocycles. The Labute approximate surface area is 137 Å². The minimum absolute atomic E-state index is 0.302. The number of hydrogen-bond acceptors (Lipinski definition) is 5. The number of aromatic nitrogens is 1. The smallest absolute Gasteiger partial charge is 0.404 e. The first-order chi connectivity index (χ1) is 11.1. The molecule has 2 aromatic heterocycles. The zero-order chi connectivity index (χ0) is 16.2. The fraction of sp³-hybridized carbons (Fsp3) is 0.125. The summed E-state index contributed by atoms with van der Waals surface area (Å²) in [7, 11) is 0. The Morgan fingerprint density at radius 1 is 1.17 bits per heavy atom. The molecule has 2 heterocycles. The van der Waals surface area contributed by atoms with Gasteiger partial charge in [0.1, 0.15) is 0 Å². The highest BCUT2D eigenvalue weighted by atomic mass is 32.1. The van der Waals surface area contributed by atoms with Crippen LogP contribution in [0.2, 0.25) is 0 Å². The summed E-state index contributed by atoms with van der Waals surface area (Å²) < 4.78 is 1.05. The number of nitrogens with two attached hydrogens (primary N) is 1. The number of nitrogens with one attached hydrogen (secondary N) is 2. The Morgan fingerprint density at radius 3 is 2.57 bits per heavy atom. The van der Waals surface area contributed by atoms with Crippen LogP contribution in [0.15, 0.2) is 41.9 Å². The molecule has 118 valence electrons. The number of rotatable bonds is 5. The van der Waals surface area contributed by atoms with E-state index in [2.05, 4.69) is 15.6 Å². The summed E-state index contributed by atoms with van der Waals surface area (Å²) in [5.74, 6) is 0. The van der Waals surface area contributed by atoms with E-state index in [0.717, 1.165) is 27.0 Å². The summed E-state index contributed by atoms with van der Waals surface area (Å²) in [6.07, 6.45) is 0.641. The van der Waals surface area contributed by atoms with Crippen molar-refractivity contribution in [3.05, 3.63) is 53.0 Å². The van der Waals surface area contributed by atoms with Crippen molar-refractivity contribution in [3.8, 4) is 0 Å². The number of amides is 1. The van der Waals surface area contributed by atoms with Gasteiger partial charge in [-0.2, -0.15) is 0 Å². The van der Waals surface area contributed by atoms with Crippen LogP contribution in [0.4, 0.5) is 16.2 Å². The zero-order valence-electron chi connectivity index (χ0n) is 12.2. The van der Waals surface area contributed by atoms with Crippen LogP contribution in [0.5, 0.6) is 0 Å². The number of hydrogen-bond donors (Lipinski definition) is 4. The quantitative estimate of drug-likeness (QED) is 0.576. The van der Waals surface area contributed by atoms with Crippen molar-refractivity contribution >= 4 is 39.0 Å². The topological polar surface area (TPSA) is 100 Å². The summed E-state index contributed by atoms with van der Waals surface area (Å²) in [6.45, 7) is 0.935. The van der Waals surface area contributed by atoms with Gasteiger partial charge in [-0.15, -0.1) is 11.3 Å². The largest absolute Gasteiger partial charge is 0.465 e. The zero-order valence-corrected chi connectivity index (χ0v) is 13.1. The third-order valence-corrected chi connectivity index (χ3v) is 4.36. The fourth-order valence-corrected chi connectivity index (χ4v) is 3.13. The van der Waals surface area contributed by atoms with Gasteiger partial charge in [-0.25, -0.2) is 4.79 Å². The molecule has 5 N–H and O–H groups in total. The number of pyridine rings is 1. The number of fused-ring (bicyclic) bond motifs is 1. The van der Waals surface area contributed by atoms with Crippen LogP contribution in [0.25, 0.3) is 10.2 Å². The van der Waals surface area contributed by atoms with E-state index in [1.165, 1.54) is 0 Å². The first-order valence-corrected chi connectivity index (χ1v) is 7.91. The van der Waals surface area contributed by atoms with Crippen molar-refractivity contribution in [2.24, 2.45) is 0 Å². The molecule has 0 saturated carbocycles. The molecule has 0 saturated heterocycles. The number of carboxylic acid groups (broad SMARTS) is 1. The molecule has 0 aliphatic heterocycles. The Morgan fingerprint density at radius 2 is 1.87 bits per heavy atom. The van der Waals surface area contributed by atoms with Gasteiger partial charge in [0.25, 0.3) is 0 Å². The second-order valence-electron chi connectivity index (χ2n) is 5.05. The third-order valence-electron chi connectivity index (χ3n) is 3.44. The number of carbonyl (C=O) groups is 1. The van der Waals surface area contributed by atoms with Gasteiger partial charge in [0.2, 0.25) is 0 Å². The average Bonchev–Trinajstić information content (AvgIpc) is 3.01. The lowest BCUT2D eigenvalue weighted by atomic mass is 10.1. The molecule has 0 fully saturated rings. The second kappa shape index (κ2) is 6.53. The van der Waals surface area contributed by atoms with Gasteiger partial charge < -0.3 is 21.5 Å². The summed E-state index contributed by atoms with van der Waals surface area (Å²) in [5.41, 5.74) is 10.5. The molecule has 0 unspecified atom stereocenters. The normalized spacial score (nSPS) is 10.6. The molecule has 23 heavy (non-hydrogen) atoms. The van der Waals surface area contributed by atoms with E-state index in [0.29, 0.717) is 18.8 Å². The highest BCUT2D eigenvalue weighted by Crippen LogP contribution is 2.32. The number of nitrogen functional groups attached to an aromatic ring is 1. The van der Waals surface area contributed by atoms with Crippen LogP contribution < -0.4 is 16.4 Å². The Balaban J connectivity index is 1.69. The maximum atomic E-state index is 10.5. The van der Waals surface area contributed by atoms with E-state index in [1.54, 1.807) is 17.5 Å². The Bertz CT molecular complexity index is 830. The van der Waals surface area contributed by atoms with Crippen molar-refractivity contribution in [1.29, 1.82) is 0 Å². The van der Waals surface area contributed by atoms with Gasteiger partial charge in [0.15, 0.2) is 0 Å². The number of thiophene rings is 1. The van der Waals surface area contributed by atoms with Gasteiger partial charge in [-0.1, -0.05) is 24.3 Å². The van der Waals surface area contributed by atoms with Crippen molar-refractivity contribution in [2.75, 3.05) is 11.1 Å². The molecule has 6 nitrogen and oxygen atoms in total. The first-order valence-electron chi connectivity index (χ1n) is 7.03. The summed E-state index contributed by atoms with van der Waals surface area (Å²) in [4.78, 5) is 14.8. The molecular formula is C16H16N4O2S. The minimum atomic E-state index is -1.02. The van der Waals surface area contributed by atoms with Gasteiger partial charge in [-0.3, -0.25) is 4.98 Å². The lowest BCUT2D eigenvalue weighted by Crippen LogP contribution is -2.19. The maximum Gasteiger partial charge on any atom is 0.404 e. The minimum Gasteiger partial charge on any atom is -0.465 e. The van der Waals surface area contributed by atoms with Crippen molar-refractivity contribution < 1.29 is 9.90 Å². The lowest BCUT2D eigenvalue weighted by molar-refractivity contribution is 0.194. The molecule has 0 spiro atoms. The van der Waals surface area contributed by atoms with Gasteiger partial charge in [0, 0.05) is 13.1 Å². The molecule has 0 bridgehead atoms. The van der Waals surface area contributed by atoms with Crippen LogP contribution in [0.1, 0.15) is 11.1 Å². The molecule has 0 radical (unpaired) electrons. The Hall–Kier alpha value is -2.80. The lowest BCUT2D eigenvalue weighted by Gasteiger charge is -2.11. The van der Waals surface area contributed by atoms with E-state index in [4.69, 9.17) is 10.8 Å². The van der Waals surface area contributed by atoms with E-state index < -0.39 is 6.09 Å². The monoisotopic (exact) mass is 328 g/mol. The highest BCUT2D eigenvalue weighted by molar-refractivity contribution is 7.17. The van der Waals surface area contributed by atoms with Gasteiger partial charge >= 0.3 is 6.09 Å². The average molecular weight is 328 g/mol. The molecule has 1 amide bonds. The molecule has 3 rings (SSSR count). The number of nitrogens with zero attached hydrogens (tertiary/aromatic N) is 1. The molecular weight excluding hydrogens is 312 g/mol. The van der Waals surface area contributed by atoms with Crippen LogP contribution in [-0.2, 0) is 13.1 Å². The highest BCUT2D eigenvalue weighted by Gasteiger charge is 2.07. The van der Waals surface area contributed by atoms with Crippen LogP contribution in [-0.4, -0.2) is 16.2 Å². The van der Waals surface area contributed by atoms with E-state index in [1.807, 2.05) is 35.7 Å². The predicted octanol–water partition coefficient (Wildman–Crippen LogP) is 3.26. The molecule has 1 aromatic carbocycles. The standard InChI is InChI=1S/C16H16N4O2S/c17-12-9-18-13-5-6-23-15(13)14(12)19-7-10-1-3-11(4-2-10)8-20-16(21)22/h1-6,9,20H,7-8,17H2,(H,18,19)(H,21,22). The molecule has 7 heteroatoms. The molecule has 0 atom stereocenters. The van der Waals surface area contributed by atoms with Crippen LogP contribution in [0, 0.1) is 0 Å². The van der Waals surface area contributed by atoms with Gasteiger partial charge in [0.05, 0.1) is 27.8 Å². The second-order valence-corrected chi connectivity index (χ2v) is 5.97. The number of anilines is 2.